The minimum atomic E-state index is -3.85. The van der Waals surface area contributed by atoms with Gasteiger partial charge in [-0.15, -0.1) is 0 Å². The number of ether oxygens (including phenoxy) is 3. The molecule has 2 heterocycles. The van der Waals surface area contributed by atoms with Crippen LogP contribution in [-0.2, 0) is 24.1 Å². The van der Waals surface area contributed by atoms with Gasteiger partial charge in [0.2, 0.25) is 0 Å². The fraction of sp³-hybridized carbons (Fsp3) is 0.333. The molecule has 2 N–H and O–H groups in total. The monoisotopic (exact) mass is 476 g/mol. The van der Waals surface area contributed by atoms with Gasteiger partial charge in [0.05, 0.1) is 38.5 Å². The Labute approximate surface area is 187 Å². The van der Waals surface area contributed by atoms with Crippen molar-refractivity contribution in [3.05, 3.63) is 48.5 Å². The molecule has 11 heteroatoms. The van der Waals surface area contributed by atoms with E-state index in [0.717, 1.165) is 10.2 Å². The van der Waals surface area contributed by atoms with Crippen LogP contribution >= 0.6 is 11.3 Å². The van der Waals surface area contributed by atoms with Crippen LogP contribution in [0.25, 0.3) is 10.2 Å². The Morgan fingerprint density at radius 2 is 1.84 bits per heavy atom. The average molecular weight is 477 g/mol. The molecule has 1 aliphatic heterocycles. The number of rotatable bonds is 6. The molecule has 1 aromatic heterocycles. The third-order valence-corrected chi connectivity index (χ3v) is 8.71. The van der Waals surface area contributed by atoms with Crippen molar-refractivity contribution < 1.29 is 32.6 Å². The van der Waals surface area contributed by atoms with E-state index >= 15 is 0 Å². The second-order valence-electron chi connectivity index (χ2n) is 7.94. The molecule has 5 rings (SSSR count). The van der Waals surface area contributed by atoms with Crippen molar-refractivity contribution in [2.24, 2.45) is 5.41 Å². The first-order valence-corrected chi connectivity index (χ1v) is 12.4. The largest absolute Gasteiger partial charge is 0.431 e. The maximum absolute atomic E-state index is 13.1. The standard InChI is InChI=1S/C21H20N2O7S2/c24-19(23-25)21(9-16-17(10-21)29-12-28-16)11-32(26,27)14-7-5-13(6-8-14)30-20-22-15-3-1-2-4-18(15)31-20/h1-8,16-17,25H,9-12H2,(H,23,24). The Bertz CT molecular complexity index is 1210. The number of hydrogen-bond acceptors (Lipinski definition) is 9. The lowest BCUT2D eigenvalue weighted by Crippen LogP contribution is -2.43. The summed E-state index contributed by atoms with van der Waals surface area (Å²) in [5, 5.41) is 9.68. The molecule has 2 aliphatic rings. The first kappa shape index (κ1) is 21.3. The van der Waals surface area contributed by atoms with E-state index in [9.17, 15) is 18.4 Å². The number of aromatic nitrogens is 1. The summed E-state index contributed by atoms with van der Waals surface area (Å²) in [5.41, 5.74) is 1.11. The van der Waals surface area contributed by atoms with Crippen molar-refractivity contribution in [1.29, 1.82) is 0 Å². The minimum Gasteiger partial charge on any atom is -0.431 e. The molecule has 2 fully saturated rings. The van der Waals surface area contributed by atoms with E-state index in [2.05, 4.69) is 4.98 Å². The minimum absolute atomic E-state index is 0.0539. The van der Waals surface area contributed by atoms with Crippen LogP contribution in [-0.4, -0.2) is 49.3 Å². The van der Waals surface area contributed by atoms with Crippen LogP contribution in [0.3, 0.4) is 0 Å². The number of nitrogens with zero attached hydrogens (tertiary/aromatic N) is 1. The van der Waals surface area contributed by atoms with E-state index in [1.807, 2.05) is 24.3 Å². The Morgan fingerprint density at radius 3 is 2.50 bits per heavy atom. The lowest BCUT2D eigenvalue weighted by Gasteiger charge is -2.26. The van der Waals surface area contributed by atoms with E-state index < -0.39 is 26.9 Å². The smallest absolute Gasteiger partial charge is 0.279 e. The molecule has 1 amide bonds. The third kappa shape index (κ3) is 3.86. The highest BCUT2D eigenvalue weighted by molar-refractivity contribution is 7.91. The van der Waals surface area contributed by atoms with Crippen LogP contribution in [0.5, 0.6) is 10.9 Å². The summed E-state index contributed by atoms with van der Waals surface area (Å²) in [6.45, 7) is 0.120. The summed E-state index contributed by atoms with van der Waals surface area (Å²) in [7, 11) is -3.85. The van der Waals surface area contributed by atoms with Crippen molar-refractivity contribution >= 4 is 37.3 Å². The van der Waals surface area contributed by atoms with E-state index in [1.54, 1.807) is 17.6 Å². The normalized spacial score (nSPS) is 25.0. The molecular weight excluding hydrogens is 456 g/mol. The molecule has 0 bridgehead atoms. The maximum Gasteiger partial charge on any atom is 0.279 e. The Morgan fingerprint density at radius 1 is 1.16 bits per heavy atom. The second-order valence-corrected chi connectivity index (χ2v) is 10.9. The van der Waals surface area contributed by atoms with E-state index in [4.69, 9.17) is 14.2 Å². The van der Waals surface area contributed by atoms with Gasteiger partial charge in [-0.3, -0.25) is 10.0 Å². The van der Waals surface area contributed by atoms with E-state index in [-0.39, 0.29) is 36.7 Å². The number of carbonyl (C=O) groups is 1. The number of hydrogen-bond donors (Lipinski definition) is 2. The van der Waals surface area contributed by atoms with Crippen LogP contribution in [0.1, 0.15) is 12.8 Å². The number of nitrogens with one attached hydrogen (secondary N) is 1. The molecule has 1 aliphatic carbocycles. The van der Waals surface area contributed by atoms with Gasteiger partial charge in [0.25, 0.3) is 11.1 Å². The predicted molar refractivity (Wildman–Crippen MR) is 114 cm³/mol. The molecule has 0 radical (unpaired) electrons. The topological polar surface area (TPSA) is 124 Å². The number of benzene rings is 2. The average Bonchev–Trinajstić information content (AvgIpc) is 3.46. The van der Waals surface area contributed by atoms with E-state index in [1.165, 1.54) is 23.5 Å². The lowest BCUT2D eigenvalue weighted by atomic mass is 9.87. The Balaban J connectivity index is 1.34. The molecule has 2 aromatic carbocycles. The first-order valence-electron chi connectivity index (χ1n) is 9.93. The zero-order chi connectivity index (χ0) is 22.3. The number of hydroxylamine groups is 1. The maximum atomic E-state index is 13.1. The van der Waals surface area contributed by atoms with Crippen molar-refractivity contribution in [1.82, 2.24) is 10.5 Å². The van der Waals surface area contributed by atoms with Gasteiger partial charge in [0, 0.05) is 0 Å². The summed E-state index contributed by atoms with van der Waals surface area (Å²) >= 11 is 1.39. The van der Waals surface area contributed by atoms with Gasteiger partial charge in [-0.05, 0) is 49.2 Å². The molecule has 2 unspecified atom stereocenters. The van der Waals surface area contributed by atoms with Gasteiger partial charge in [0.1, 0.15) is 12.5 Å². The molecule has 1 saturated heterocycles. The van der Waals surface area contributed by atoms with Crippen molar-refractivity contribution in [2.45, 2.75) is 29.9 Å². The molecule has 9 nitrogen and oxygen atoms in total. The number of amides is 1. The summed E-state index contributed by atoms with van der Waals surface area (Å²) in [6, 6.07) is 13.6. The number of fused-ring (bicyclic) bond motifs is 2. The van der Waals surface area contributed by atoms with Crippen LogP contribution < -0.4 is 10.2 Å². The molecule has 168 valence electrons. The third-order valence-electron chi connectivity index (χ3n) is 5.87. The van der Waals surface area contributed by atoms with Crippen LogP contribution in [0.4, 0.5) is 0 Å². The van der Waals surface area contributed by atoms with Crippen molar-refractivity contribution in [2.75, 3.05) is 12.5 Å². The summed E-state index contributed by atoms with van der Waals surface area (Å²) in [6.07, 6.45) is -0.427. The fourth-order valence-electron chi connectivity index (χ4n) is 4.31. The number of sulfone groups is 1. The molecule has 1 saturated carbocycles. The van der Waals surface area contributed by atoms with Gasteiger partial charge < -0.3 is 14.2 Å². The molecule has 3 aromatic rings. The van der Waals surface area contributed by atoms with E-state index in [0.29, 0.717) is 10.9 Å². The van der Waals surface area contributed by atoms with Crippen molar-refractivity contribution in [3.8, 4) is 10.9 Å². The predicted octanol–water partition coefficient (Wildman–Crippen LogP) is 2.89. The quantitative estimate of drug-likeness (QED) is 0.411. The number of thiazole rings is 1. The highest BCUT2D eigenvalue weighted by atomic mass is 32.2. The lowest BCUT2D eigenvalue weighted by molar-refractivity contribution is -0.140. The van der Waals surface area contributed by atoms with Gasteiger partial charge in [-0.1, -0.05) is 23.5 Å². The van der Waals surface area contributed by atoms with Crippen LogP contribution in [0.2, 0.25) is 0 Å². The molecule has 2 atom stereocenters. The molecular formula is C21H20N2O7S2. The van der Waals surface area contributed by atoms with Crippen LogP contribution in [0.15, 0.2) is 53.4 Å². The Kier molecular flexibility index (Phi) is 5.38. The molecule has 32 heavy (non-hydrogen) atoms. The van der Waals surface area contributed by atoms with Gasteiger partial charge >= 0.3 is 0 Å². The second kappa shape index (κ2) is 8.09. The summed E-state index contributed by atoms with van der Waals surface area (Å²) in [5.74, 6) is -0.772. The zero-order valence-electron chi connectivity index (χ0n) is 16.8. The fourth-order valence-corrected chi connectivity index (χ4v) is 6.95. The van der Waals surface area contributed by atoms with Crippen molar-refractivity contribution in [3.63, 3.8) is 0 Å². The highest BCUT2D eigenvalue weighted by Gasteiger charge is 2.55. The SMILES string of the molecule is O=C(NO)C1(CS(=O)(=O)c2ccc(Oc3nc4ccccc4s3)cc2)CC2OCOC2C1. The van der Waals surface area contributed by atoms with Crippen LogP contribution in [0, 0.1) is 5.41 Å². The van der Waals surface area contributed by atoms with Gasteiger partial charge in [-0.2, -0.15) is 0 Å². The molecule has 0 spiro atoms. The Hall–Kier alpha value is -2.57. The highest BCUT2D eigenvalue weighted by Crippen LogP contribution is 2.45. The summed E-state index contributed by atoms with van der Waals surface area (Å²) in [4.78, 5) is 16.9. The first-order chi connectivity index (χ1) is 15.4. The number of carbonyl (C=O) groups excluding carboxylic acids is 1. The van der Waals surface area contributed by atoms with Gasteiger partial charge in [0.15, 0.2) is 9.84 Å². The summed E-state index contributed by atoms with van der Waals surface area (Å²) < 4.78 is 43.9. The van der Waals surface area contributed by atoms with Gasteiger partial charge in [-0.25, -0.2) is 18.9 Å². The number of para-hydroxylation sites is 1. The zero-order valence-corrected chi connectivity index (χ0v) is 18.4.